The third-order valence-corrected chi connectivity index (χ3v) is 3.10. The SMILES string of the molecule is CN(C)CCn1ccn2cc(C(=O)O)c(=O)c(O)c2c1=O. The molecule has 0 aromatic carbocycles. The minimum atomic E-state index is -1.46. The van der Waals surface area contributed by atoms with E-state index in [0.717, 1.165) is 10.6 Å². The summed E-state index contributed by atoms with van der Waals surface area (Å²) in [5, 5.41) is 18.8. The lowest BCUT2D eigenvalue weighted by Crippen LogP contribution is -2.29. The highest BCUT2D eigenvalue weighted by molar-refractivity contribution is 5.88. The first-order valence-corrected chi connectivity index (χ1v) is 6.18. The van der Waals surface area contributed by atoms with Crippen molar-refractivity contribution in [2.45, 2.75) is 6.54 Å². The van der Waals surface area contributed by atoms with Crippen molar-refractivity contribution >= 4 is 11.5 Å². The van der Waals surface area contributed by atoms with Crippen LogP contribution in [0.1, 0.15) is 10.4 Å². The predicted octanol–water partition coefficient (Wildman–Crippen LogP) is -0.573. The smallest absolute Gasteiger partial charge is 0.341 e. The maximum atomic E-state index is 12.3. The number of carboxylic acids is 1. The van der Waals surface area contributed by atoms with Gasteiger partial charge in [0.1, 0.15) is 5.56 Å². The molecule has 2 N–H and O–H groups in total. The number of aromatic hydroxyl groups is 1. The number of fused-ring (bicyclic) bond motifs is 1. The third kappa shape index (κ3) is 2.65. The summed E-state index contributed by atoms with van der Waals surface area (Å²) >= 11 is 0. The Kier molecular flexibility index (Phi) is 3.81. The van der Waals surface area contributed by atoms with E-state index in [1.807, 2.05) is 19.0 Å². The molecule has 2 rings (SSSR count). The summed E-state index contributed by atoms with van der Waals surface area (Å²) in [4.78, 5) is 36.8. The number of rotatable bonds is 4. The van der Waals surface area contributed by atoms with Crippen molar-refractivity contribution in [3.05, 3.63) is 44.7 Å². The van der Waals surface area contributed by atoms with Gasteiger partial charge >= 0.3 is 5.97 Å². The summed E-state index contributed by atoms with van der Waals surface area (Å²) < 4.78 is 2.50. The Balaban J connectivity index is 2.69. The molecule has 0 fully saturated rings. The number of nitrogens with zero attached hydrogens (tertiary/aromatic N) is 3. The van der Waals surface area contributed by atoms with E-state index < -0.39 is 28.3 Å². The number of carbonyl (C=O) groups is 1. The molecule has 8 nitrogen and oxygen atoms in total. The highest BCUT2D eigenvalue weighted by Gasteiger charge is 2.18. The number of carboxylic acid groups (broad SMARTS) is 1. The van der Waals surface area contributed by atoms with Crippen LogP contribution in [0, 0.1) is 0 Å². The van der Waals surface area contributed by atoms with Crippen LogP contribution in [0.2, 0.25) is 0 Å². The van der Waals surface area contributed by atoms with Gasteiger partial charge in [-0.1, -0.05) is 0 Å². The summed E-state index contributed by atoms with van der Waals surface area (Å²) in [5.74, 6) is -2.31. The molecule has 2 heterocycles. The van der Waals surface area contributed by atoms with Gasteiger partial charge in [0.2, 0.25) is 5.43 Å². The zero-order chi connectivity index (χ0) is 15.7. The maximum absolute atomic E-state index is 12.3. The van der Waals surface area contributed by atoms with Gasteiger partial charge in [0.05, 0.1) is 0 Å². The number of hydrogen-bond acceptors (Lipinski definition) is 5. The monoisotopic (exact) mass is 293 g/mol. The molecule has 21 heavy (non-hydrogen) atoms. The Labute approximate surface area is 119 Å². The van der Waals surface area contributed by atoms with Crippen molar-refractivity contribution < 1.29 is 15.0 Å². The van der Waals surface area contributed by atoms with Gasteiger partial charge < -0.3 is 24.1 Å². The molecule has 0 radical (unpaired) electrons. The van der Waals surface area contributed by atoms with Crippen LogP contribution in [-0.2, 0) is 6.54 Å². The first-order valence-electron chi connectivity index (χ1n) is 6.18. The van der Waals surface area contributed by atoms with Crippen molar-refractivity contribution in [2.24, 2.45) is 0 Å². The van der Waals surface area contributed by atoms with Crippen molar-refractivity contribution in [1.29, 1.82) is 0 Å². The average Bonchev–Trinajstić information content (AvgIpc) is 2.41. The Morgan fingerprint density at radius 1 is 1.29 bits per heavy atom. The molecule has 0 spiro atoms. The summed E-state index contributed by atoms with van der Waals surface area (Å²) in [6.07, 6.45) is 3.93. The van der Waals surface area contributed by atoms with E-state index in [1.54, 1.807) is 0 Å². The number of likely N-dealkylation sites (N-methyl/N-ethyl adjacent to an activating group) is 1. The second kappa shape index (κ2) is 5.41. The minimum absolute atomic E-state index is 0.230. The average molecular weight is 293 g/mol. The number of pyridine rings is 1. The van der Waals surface area contributed by atoms with E-state index in [4.69, 9.17) is 5.11 Å². The zero-order valence-electron chi connectivity index (χ0n) is 11.6. The van der Waals surface area contributed by atoms with Crippen LogP contribution < -0.4 is 11.0 Å². The molecule has 0 amide bonds. The maximum Gasteiger partial charge on any atom is 0.341 e. The molecular formula is C13H15N3O5. The summed E-state index contributed by atoms with van der Waals surface area (Å²) in [6.45, 7) is 0.991. The van der Waals surface area contributed by atoms with Crippen molar-refractivity contribution in [1.82, 2.24) is 13.9 Å². The molecule has 0 saturated carbocycles. The number of hydrogen-bond donors (Lipinski definition) is 2. The van der Waals surface area contributed by atoms with Gasteiger partial charge in [-0.05, 0) is 14.1 Å². The third-order valence-electron chi connectivity index (χ3n) is 3.10. The normalized spacial score (nSPS) is 11.2. The van der Waals surface area contributed by atoms with Gasteiger partial charge in [0.15, 0.2) is 11.3 Å². The molecular weight excluding hydrogens is 278 g/mol. The number of aromatic carboxylic acids is 1. The Morgan fingerprint density at radius 2 is 1.95 bits per heavy atom. The van der Waals surface area contributed by atoms with E-state index in [9.17, 15) is 19.5 Å². The van der Waals surface area contributed by atoms with Gasteiger partial charge in [-0.2, -0.15) is 0 Å². The van der Waals surface area contributed by atoms with Crippen molar-refractivity contribution in [2.75, 3.05) is 20.6 Å². The molecule has 0 bridgehead atoms. The second-order valence-electron chi connectivity index (χ2n) is 4.88. The topological polar surface area (TPSA) is 104 Å². The summed E-state index contributed by atoms with van der Waals surface area (Å²) in [6, 6.07) is 0. The fourth-order valence-electron chi connectivity index (χ4n) is 1.94. The van der Waals surface area contributed by atoms with E-state index in [0.29, 0.717) is 13.1 Å². The van der Waals surface area contributed by atoms with Crippen LogP contribution in [0.15, 0.2) is 28.2 Å². The Bertz CT molecular complexity index is 819. The van der Waals surface area contributed by atoms with Crippen LogP contribution in [0.25, 0.3) is 5.52 Å². The Hall–Kier alpha value is -2.61. The first-order chi connectivity index (χ1) is 9.82. The zero-order valence-corrected chi connectivity index (χ0v) is 11.6. The second-order valence-corrected chi connectivity index (χ2v) is 4.88. The highest BCUT2D eigenvalue weighted by Crippen LogP contribution is 2.10. The standard InChI is InChI=1S/C13H15N3O5/c1-14(2)3-4-15-5-6-16-7-8(13(20)21)10(17)11(18)9(16)12(15)19/h5-7,18H,3-4H2,1-2H3,(H,20,21). The molecule has 2 aromatic rings. The van der Waals surface area contributed by atoms with Crippen LogP contribution in [0.5, 0.6) is 5.75 Å². The highest BCUT2D eigenvalue weighted by atomic mass is 16.4. The Morgan fingerprint density at radius 3 is 2.52 bits per heavy atom. The van der Waals surface area contributed by atoms with Crippen LogP contribution in [-0.4, -0.2) is 50.7 Å². The van der Waals surface area contributed by atoms with Gasteiger partial charge in [-0.15, -0.1) is 0 Å². The van der Waals surface area contributed by atoms with Crippen molar-refractivity contribution in [3.63, 3.8) is 0 Å². The van der Waals surface area contributed by atoms with Crippen LogP contribution in [0.3, 0.4) is 0 Å². The van der Waals surface area contributed by atoms with E-state index in [1.165, 1.54) is 17.0 Å². The molecule has 8 heteroatoms. The molecule has 0 saturated heterocycles. The van der Waals surface area contributed by atoms with Gasteiger partial charge in [0.25, 0.3) is 5.56 Å². The molecule has 0 aliphatic carbocycles. The molecule has 0 unspecified atom stereocenters. The quantitative estimate of drug-likeness (QED) is 0.782. The van der Waals surface area contributed by atoms with E-state index in [2.05, 4.69) is 0 Å². The largest absolute Gasteiger partial charge is 0.503 e. The predicted molar refractivity (Wildman–Crippen MR) is 75.1 cm³/mol. The summed E-state index contributed by atoms with van der Waals surface area (Å²) in [7, 11) is 3.71. The van der Waals surface area contributed by atoms with Crippen molar-refractivity contribution in [3.8, 4) is 5.75 Å². The molecule has 112 valence electrons. The fourth-order valence-corrected chi connectivity index (χ4v) is 1.94. The number of aromatic nitrogens is 2. The lowest BCUT2D eigenvalue weighted by Gasteiger charge is -2.12. The summed E-state index contributed by atoms with van der Waals surface area (Å²) in [5.41, 5.74) is -2.43. The fraction of sp³-hybridized carbons (Fsp3) is 0.308. The lowest BCUT2D eigenvalue weighted by molar-refractivity contribution is 0.0694. The molecule has 2 aromatic heterocycles. The van der Waals surface area contributed by atoms with E-state index >= 15 is 0 Å². The molecule has 0 atom stereocenters. The minimum Gasteiger partial charge on any atom is -0.503 e. The van der Waals surface area contributed by atoms with Gasteiger partial charge in [0, 0.05) is 31.7 Å². The van der Waals surface area contributed by atoms with E-state index in [-0.39, 0.29) is 5.52 Å². The van der Waals surface area contributed by atoms with Gasteiger partial charge in [-0.25, -0.2) is 4.79 Å². The lowest BCUT2D eigenvalue weighted by atomic mass is 10.2. The van der Waals surface area contributed by atoms with Crippen LogP contribution >= 0.6 is 0 Å². The first kappa shape index (κ1) is 14.8. The molecule has 0 aliphatic heterocycles. The molecule has 0 aliphatic rings. The van der Waals surface area contributed by atoms with Crippen LogP contribution in [0.4, 0.5) is 0 Å². The van der Waals surface area contributed by atoms with Gasteiger partial charge in [-0.3, -0.25) is 9.59 Å².